The van der Waals surface area contributed by atoms with Gasteiger partial charge in [-0.1, -0.05) is 30.7 Å². The van der Waals surface area contributed by atoms with Crippen LogP contribution in [0.2, 0.25) is 0 Å². The van der Waals surface area contributed by atoms with Crippen LogP contribution < -0.4 is 17.2 Å². The number of unbranched alkanes of at least 4 members (excludes halogenated alkanes) is 2. The molecule has 1 aliphatic rings. The number of nitrogens with two attached hydrogens (primary N) is 3. The van der Waals surface area contributed by atoms with Crippen LogP contribution in [0, 0.1) is 0 Å². The topological polar surface area (TPSA) is 132 Å². The van der Waals surface area contributed by atoms with Crippen LogP contribution >= 0.6 is 0 Å². The van der Waals surface area contributed by atoms with Gasteiger partial charge in [-0.2, -0.15) is 0 Å². The van der Waals surface area contributed by atoms with Crippen molar-refractivity contribution < 1.29 is 14.7 Å². The molecular formula is C17H25N3O3. The maximum atomic E-state index is 11.8. The highest BCUT2D eigenvalue weighted by Gasteiger charge is 2.37. The van der Waals surface area contributed by atoms with Crippen LogP contribution in [-0.4, -0.2) is 23.0 Å². The number of hydrogen-bond donors (Lipinski definition) is 4. The van der Waals surface area contributed by atoms with Crippen molar-refractivity contribution in [1.82, 2.24) is 0 Å². The van der Waals surface area contributed by atoms with Gasteiger partial charge >= 0.3 is 0 Å². The maximum Gasteiger partial charge on any atom is 0.254 e. The number of aliphatic hydroxyl groups is 1. The van der Waals surface area contributed by atoms with Crippen molar-refractivity contribution in [3.8, 4) is 0 Å². The third-order valence-corrected chi connectivity index (χ3v) is 4.53. The first-order valence-corrected chi connectivity index (χ1v) is 8.01. The normalized spacial score (nSPS) is 22.3. The first kappa shape index (κ1) is 17.4. The standard InChI is InChI=1S/C17H25N3O3/c18-14-10-13(14)11-5-7-12(8-6-11)17(23,16(20)22)9-3-1-2-4-15(19)21/h5-8,13-14,23H,1-4,9-10,18H2,(H2,19,21)(H2,20,22). The SMILES string of the molecule is NC(=O)CCCCCC(O)(C(N)=O)c1ccc(C2CC2N)cc1. The van der Waals surface area contributed by atoms with Crippen molar-refractivity contribution in [3.63, 3.8) is 0 Å². The molecule has 23 heavy (non-hydrogen) atoms. The molecule has 2 rings (SSSR count). The quantitative estimate of drug-likeness (QED) is 0.496. The molecule has 1 aromatic rings. The van der Waals surface area contributed by atoms with E-state index in [-0.39, 0.29) is 18.4 Å². The second-order valence-corrected chi connectivity index (χ2v) is 6.38. The number of rotatable bonds is 9. The van der Waals surface area contributed by atoms with Gasteiger partial charge in [-0.15, -0.1) is 0 Å². The molecule has 0 bridgehead atoms. The molecule has 3 atom stereocenters. The Morgan fingerprint density at radius 1 is 1.13 bits per heavy atom. The highest BCUT2D eigenvalue weighted by Crippen LogP contribution is 2.39. The Kier molecular flexibility index (Phi) is 5.38. The van der Waals surface area contributed by atoms with E-state index in [0.717, 1.165) is 12.0 Å². The Morgan fingerprint density at radius 3 is 2.22 bits per heavy atom. The maximum absolute atomic E-state index is 11.8. The second kappa shape index (κ2) is 7.10. The Bertz CT molecular complexity index is 573. The fourth-order valence-corrected chi connectivity index (χ4v) is 2.87. The van der Waals surface area contributed by atoms with Crippen molar-refractivity contribution in [3.05, 3.63) is 35.4 Å². The summed E-state index contributed by atoms with van der Waals surface area (Å²) in [5.41, 5.74) is 16.3. The molecule has 0 aromatic heterocycles. The first-order chi connectivity index (χ1) is 10.8. The molecule has 2 amide bonds. The summed E-state index contributed by atoms with van der Waals surface area (Å²) in [5, 5.41) is 10.7. The average molecular weight is 319 g/mol. The van der Waals surface area contributed by atoms with Crippen molar-refractivity contribution in [2.45, 2.75) is 56.1 Å². The minimum atomic E-state index is -1.68. The largest absolute Gasteiger partial charge is 0.375 e. The third kappa shape index (κ3) is 4.30. The lowest BCUT2D eigenvalue weighted by Crippen LogP contribution is -2.41. The lowest BCUT2D eigenvalue weighted by atomic mass is 9.86. The van der Waals surface area contributed by atoms with E-state index in [2.05, 4.69) is 0 Å². The highest BCUT2D eigenvalue weighted by molar-refractivity contribution is 5.84. The number of primary amides is 2. The molecule has 0 saturated heterocycles. The van der Waals surface area contributed by atoms with Gasteiger partial charge in [0.15, 0.2) is 5.60 Å². The predicted octanol–water partition coefficient (Wildman–Crippen LogP) is 0.610. The predicted molar refractivity (Wildman–Crippen MR) is 87.1 cm³/mol. The number of benzene rings is 1. The summed E-state index contributed by atoms with van der Waals surface area (Å²) in [7, 11) is 0. The molecule has 0 heterocycles. The van der Waals surface area contributed by atoms with Crippen LogP contribution in [0.5, 0.6) is 0 Å². The van der Waals surface area contributed by atoms with Crippen LogP contribution in [-0.2, 0) is 15.2 Å². The fourth-order valence-electron chi connectivity index (χ4n) is 2.87. The Morgan fingerprint density at radius 2 is 1.74 bits per heavy atom. The molecule has 6 heteroatoms. The second-order valence-electron chi connectivity index (χ2n) is 6.38. The zero-order valence-corrected chi connectivity index (χ0v) is 13.2. The highest BCUT2D eigenvalue weighted by atomic mass is 16.3. The molecule has 1 saturated carbocycles. The molecule has 0 radical (unpaired) electrons. The summed E-state index contributed by atoms with van der Waals surface area (Å²) in [5.74, 6) is -0.730. The summed E-state index contributed by atoms with van der Waals surface area (Å²) < 4.78 is 0. The number of carbonyl (C=O) groups is 2. The van der Waals surface area contributed by atoms with Gasteiger partial charge in [0.2, 0.25) is 5.91 Å². The number of amides is 2. The van der Waals surface area contributed by atoms with Crippen LogP contribution in [0.15, 0.2) is 24.3 Å². The van der Waals surface area contributed by atoms with Gasteiger partial charge in [-0.05, 0) is 36.8 Å². The Balaban J connectivity index is 1.98. The summed E-state index contributed by atoms with van der Waals surface area (Å²) in [6.07, 6.45) is 3.44. The van der Waals surface area contributed by atoms with Gasteiger partial charge in [0.05, 0.1) is 0 Å². The molecule has 1 aliphatic carbocycles. The average Bonchev–Trinajstić information content (AvgIpc) is 3.23. The van der Waals surface area contributed by atoms with Gasteiger partial charge in [-0.25, -0.2) is 0 Å². The monoisotopic (exact) mass is 319 g/mol. The molecular weight excluding hydrogens is 294 g/mol. The molecule has 3 unspecified atom stereocenters. The fraction of sp³-hybridized carbons (Fsp3) is 0.529. The van der Waals surface area contributed by atoms with E-state index in [4.69, 9.17) is 17.2 Å². The zero-order chi connectivity index (χ0) is 17.0. The van der Waals surface area contributed by atoms with Crippen LogP contribution in [0.4, 0.5) is 0 Å². The van der Waals surface area contributed by atoms with Crippen molar-refractivity contribution in [2.75, 3.05) is 0 Å². The number of hydrogen-bond acceptors (Lipinski definition) is 4. The van der Waals surface area contributed by atoms with Crippen LogP contribution in [0.25, 0.3) is 0 Å². The summed E-state index contributed by atoms with van der Waals surface area (Å²) in [6, 6.07) is 7.49. The summed E-state index contributed by atoms with van der Waals surface area (Å²) >= 11 is 0. The van der Waals surface area contributed by atoms with E-state index in [0.29, 0.717) is 37.2 Å². The molecule has 1 aromatic carbocycles. The zero-order valence-electron chi connectivity index (χ0n) is 13.2. The van der Waals surface area contributed by atoms with Gasteiger partial charge in [0.1, 0.15) is 0 Å². The Labute approximate surface area is 136 Å². The van der Waals surface area contributed by atoms with E-state index in [1.165, 1.54) is 0 Å². The lowest BCUT2D eigenvalue weighted by molar-refractivity contribution is -0.138. The van der Waals surface area contributed by atoms with E-state index in [9.17, 15) is 14.7 Å². The van der Waals surface area contributed by atoms with E-state index >= 15 is 0 Å². The van der Waals surface area contributed by atoms with Gasteiger partial charge in [0.25, 0.3) is 5.91 Å². The van der Waals surface area contributed by atoms with Gasteiger partial charge < -0.3 is 22.3 Å². The summed E-state index contributed by atoms with van der Waals surface area (Å²) in [6.45, 7) is 0. The van der Waals surface area contributed by atoms with Crippen LogP contribution in [0.1, 0.15) is 55.6 Å². The number of carbonyl (C=O) groups excluding carboxylic acids is 2. The van der Waals surface area contributed by atoms with E-state index in [1.807, 2.05) is 12.1 Å². The minimum Gasteiger partial charge on any atom is -0.375 e. The van der Waals surface area contributed by atoms with Gasteiger partial charge in [-0.3, -0.25) is 9.59 Å². The van der Waals surface area contributed by atoms with Crippen LogP contribution in [0.3, 0.4) is 0 Å². The molecule has 0 aliphatic heterocycles. The van der Waals surface area contributed by atoms with Gasteiger partial charge in [0, 0.05) is 18.4 Å². The summed E-state index contributed by atoms with van der Waals surface area (Å²) in [4.78, 5) is 22.4. The molecule has 126 valence electrons. The van der Waals surface area contributed by atoms with Crippen molar-refractivity contribution >= 4 is 11.8 Å². The van der Waals surface area contributed by atoms with E-state index in [1.54, 1.807) is 12.1 Å². The first-order valence-electron chi connectivity index (χ1n) is 8.01. The smallest absolute Gasteiger partial charge is 0.254 e. The lowest BCUT2D eigenvalue weighted by Gasteiger charge is -2.25. The Hall–Kier alpha value is -1.92. The third-order valence-electron chi connectivity index (χ3n) is 4.53. The van der Waals surface area contributed by atoms with Crippen molar-refractivity contribution in [1.29, 1.82) is 0 Å². The molecule has 7 N–H and O–H groups in total. The minimum absolute atomic E-state index is 0.209. The van der Waals surface area contributed by atoms with Crippen molar-refractivity contribution in [2.24, 2.45) is 17.2 Å². The molecule has 6 nitrogen and oxygen atoms in total. The molecule has 1 fully saturated rings. The molecule has 0 spiro atoms. The van der Waals surface area contributed by atoms with E-state index < -0.39 is 11.5 Å².